The van der Waals surface area contributed by atoms with Gasteiger partial charge in [0, 0.05) is 38.6 Å². The van der Waals surface area contributed by atoms with Crippen molar-refractivity contribution in [2.45, 2.75) is 36.6 Å². The van der Waals surface area contributed by atoms with Crippen molar-refractivity contribution in [1.82, 2.24) is 14.5 Å². The summed E-state index contributed by atoms with van der Waals surface area (Å²) in [5.74, 6) is 0.139. The Kier molecular flexibility index (Phi) is 7.25. The maximum absolute atomic E-state index is 12.6. The monoisotopic (exact) mass is 387 g/mol. The number of piperazine rings is 1. The molecule has 2 heterocycles. The molecule has 1 aromatic carbocycles. The molecular weight excluding hydrogens is 362 g/mol. The number of hydrogen-bond donors (Lipinski definition) is 1. The van der Waals surface area contributed by atoms with Crippen LogP contribution in [0.1, 0.15) is 25.7 Å². The molecule has 3 rings (SSSR count). The predicted molar refractivity (Wildman–Crippen MR) is 99.3 cm³/mol. The molecule has 0 bridgehead atoms. The second-order valence-corrected chi connectivity index (χ2v) is 8.37. The first kappa shape index (κ1) is 20.2. The highest BCUT2D eigenvalue weighted by Gasteiger charge is 2.30. The summed E-state index contributed by atoms with van der Waals surface area (Å²) >= 11 is 0. The smallest absolute Gasteiger partial charge is 0.243 e. The Hall–Kier alpha value is -1.15. The molecular formula is C17H26ClN3O3S. The summed E-state index contributed by atoms with van der Waals surface area (Å²) in [5.41, 5.74) is 0. The first-order valence-corrected chi connectivity index (χ1v) is 10.1. The second-order valence-electron chi connectivity index (χ2n) is 6.43. The molecule has 0 radical (unpaired) electrons. The lowest BCUT2D eigenvalue weighted by atomic mass is 10.1. The lowest BCUT2D eigenvalue weighted by Crippen LogP contribution is -2.50. The van der Waals surface area contributed by atoms with E-state index < -0.39 is 10.0 Å². The van der Waals surface area contributed by atoms with Gasteiger partial charge in [0.2, 0.25) is 15.9 Å². The maximum Gasteiger partial charge on any atom is 0.243 e. The zero-order valence-corrected chi connectivity index (χ0v) is 15.9. The first-order valence-electron chi connectivity index (χ1n) is 8.64. The third-order valence-electron chi connectivity index (χ3n) is 4.84. The molecule has 2 saturated heterocycles. The maximum atomic E-state index is 12.6. The third-order valence-corrected chi connectivity index (χ3v) is 6.75. The van der Waals surface area contributed by atoms with Crippen LogP contribution in [0.5, 0.6) is 0 Å². The standard InChI is InChI=1S/C17H25N3O3S.ClH/c21-17(9-8-15-5-4-10-18-15)19-11-13-20(14-12-19)24(22,23)16-6-2-1-3-7-16;/h1-3,6-7,15,18H,4-5,8-14H2;1H. The minimum absolute atomic E-state index is 0. The van der Waals surface area contributed by atoms with Gasteiger partial charge in [-0.1, -0.05) is 18.2 Å². The molecule has 0 aromatic heterocycles. The summed E-state index contributed by atoms with van der Waals surface area (Å²) in [6.07, 6.45) is 3.76. The quantitative estimate of drug-likeness (QED) is 0.830. The van der Waals surface area contributed by atoms with Gasteiger partial charge in [0.05, 0.1) is 4.90 Å². The Morgan fingerprint density at radius 3 is 2.40 bits per heavy atom. The summed E-state index contributed by atoms with van der Waals surface area (Å²) in [7, 11) is -3.45. The Balaban J connectivity index is 0.00000225. The Labute approximate surface area is 156 Å². The normalized spacial score (nSPS) is 21.8. The van der Waals surface area contributed by atoms with Crippen molar-refractivity contribution >= 4 is 28.3 Å². The zero-order valence-electron chi connectivity index (χ0n) is 14.3. The first-order chi connectivity index (χ1) is 11.6. The number of sulfonamides is 1. The molecule has 0 saturated carbocycles. The average molecular weight is 388 g/mol. The van der Waals surface area contributed by atoms with E-state index in [1.165, 1.54) is 10.7 Å². The molecule has 8 heteroatoms. The van der Waals surface area contributed by atoms with E-state index >= 15 is 0 Å². The molecule has 1 N–H and O–H groups in total. The largest absolute Gasteiger partial charge is 0.340 e. The molecule has 140 valence electrons. The van der Waals surface area contributed by atoms with Crippen LogP contribution in [0.2, 0.25) is 0 Å². The van der Waals surface area contributed by atoms with Gasteiger partial charge in [-0.3, -0.25) is 4.79 Å². The molecule has 2 fully saturated rings. The van der Waals surface area contributed by atoms with Crippen LogP contribution in [-0.2, 0) is 14.8 Å². The van der Waals surface area contributed by atoms with Crippen LogP contribution < -0.4 is 5.32 Å². The number of carbonyl (C=O) groups is 1. The SMILES string of the molecule is Cl.O=C(CCC1CCCN1)N1CCN(S(=O)(=O)c2ccccc2)CC1. The minimum atomic E-state index is -3.45. The number of rotatable bonds is 5. The van der Waals surface area contributed by atoms with E-state index in [0.717, 1.165) is 19.4 Å². The van der Waals surface area contributed by atoms with E-state index in [9.17, 15) is 13.2 Å². The van der Waals surface area contributed by atoms with Gasteiger partial charge in [-0.05, 0) is 37.9 Å². The highest BCUT2D eigenvalue weighted by Crippen LogP contribution is 2.18. The van der Waals surface area contributed by atoms with Crippen molar-refractivity contribution in [2.24, 2.45) is 0 Å². The van der Waals surface area contributed by atoms with Crippen molar-refractivity contribution in [3.05, 3.63) is 30.3 Å². The predicted octanol–water partition coefficient (Wildman–Crippen LogP) is 1.47. The van der Waals surface area contributed by atoms with E-state index in [2.05, 4.69) is 5.32 Å². The minimum Gasteiger partial charge on any atom is -0.340 e. The van der Waals surface area contributed by atoms with Crippen LogP contribution >= 0.6 is 12.4 Å². The fourth-order valence-electron chi connectivity index (χ4n) is 3.38. The summed E-state index contributed by atoms with van der Waals surface area (Å²) in [4.78, 5) is 14.4. The summed E-state index contributed by atoms with van der Waals surface area (Å²) < 4.78 is 26.6. The van der Waals surface area contributed by atoms with Crippen molar-refractivity contribution in [2.75, 3.05) is 32.7 Å². The number of hydrogen-bond acceptors (Lipinski definition) is 4. The van der Waals surface area contributed by atoms with Crippen LogP contribution in [-0.4, -0.2) is 62.3 Å². The second kappa shape index (κ2) is 8.98. The summed E-state index contributed by atoms with van der Waals surface area (Å²) in [6.45, 7) is 2.73. The number of amides is 1. The number of nitrogens with one attached hydrogen (secondary N) is 1. The molecule has 2 aliphatic heterocycles. The highest BCUT2D eigenvalue weighted by atomic mass is 35.5. The van der Waals surface area contributed by atoms with E-state index in [-0.39, 0.29) is 18.3 Å². The van der Waals surface area contributed by atoms with E-state index in [1.807, 2.05) is 0 Å². The van der Waals surface area contributed by atoms with Gasteiger partial charge in [-0.25, -0.2) is 8.42 Å². The van der Waals surface area contributed by atoms with E-state index in [0.29, 0.717) is 43.5 Å². The number of nitrogens with zero attached hydrogens (tertiary/aromatic N) is 2. The zero-order chi connectivity index (χ0) is 17.0. The Morgan fingerprint density at radius 1 is 1.12 bits per heavy atom. The van der Waals surface area contributed by atoms with Gasteiger partial charge in [0.25, 0.3) is 0 Å². The lowest BCUT2D eigenvalue weighted by Gasteiger charge is -2.34. The molecule has 0 spiro atoms. The summed E-state index contributed by atoms with van der Waals surface area (Å²) in [6, 6.07) is 8.94. The topological polar surface area (TPSA) is 69.7 Å². The van der Waals surface area contributed by atoms with Crippen molar-refractivity contribution < 1.29 is 13.2 Å². The number of carbonyl (C=O) groups excluding carboxylic acids is 1. The van der Waals surface area contributed by atoms with E-state index in [1.54, 1.807) is 35.2 Å². The molecule has 0 aliphatic carbocycles. The lowest BCUT2D eigenvalue weighted by molar-refractivity contribution is -0.132. The Bertz CT molecular complexity index is 655. The van der Waals surface area contributed by atoms with Crippen molar-refractivity contribution in [3.8, 4) is 0 Å². The fourth-order valence-corrected chi connectivity index (χ4v) is 4.82. The third kappa shape index (κ3) is 4.94. The molecule has 6 nitrogen and oxygen atoms in total. The van der Waals surface area contributed by atoms with Gasteiger partial charge in [-0.2, -0.15) is 4.31 Å². The molecule has 25 heavy (non-hydrogen) atoms. The van der Waals surface area contributed by atoms with Gasteiger partial charge in [0.15, 0.2) is 0 Å². The highest BCUT2D eigenvalue weighted by molar-refractivity contribution is 7.89. The Morgan fingerprint density at radius 2 is 1.80 bits per heavy atom. The van der Waals surface area contributed by atoms with Crippen molar-refractivity contribution in [3.63, 3.8) is 0 Å². The van der Waals surface area contributed by atoms with Crippen molar-refractivity contribution in [1.29, 1.82) is 0 Å². The van der Waals surface area contributed by atoms with Gasteiger partial charge < -0.3 is 10.2 Å². The molecule has 1 unspecified atom stereocenters. The van der Waals surface area contributed by atoms with Crippen LogP contribution in [0.4, 0.5) is 0 Å². The van der Waals surface area contributed by atoms with E-state index in [4.69, 9.17) is 0 Å². The molecule has 1 atom stereocenters. The molecule has 1 aromatic rings. The van der Waals surface area contributed by atoms with Gasteiger partial charge >= 0.3 is 0 Å². The van der Waals surface area contributed by atoms with Gasteiger partial charge in [0.1, 0.15) is 0 Å². The number of halogens is 1. The van der Waals surface area contributed by atoms with Gasteiger partial charge in [-0.15, -0.1) is 12.4 Å². The van der Waals surface area contributed by atoms with Crippen LogP contribution in [0.3, 0.4) is 0 Å². The van der Waals surface area contributed by atoms with Crippen LogP contribution in [0.25, 0.3) is 0 Å². The molecule has 2 aliphatic rings. The molecule has 1 amide bonds. The summed E-state index contributed by atoms with van der Waals surface area (Å²) in [5, 5.41) is 3.40. The fraction of sp³-hybridized carbons (Fsp3) is 0.588. The van der Waals surface area contributed by atoms with Crippen LogP contribution in [0.15, 0.2) is 35.2 Å². The van der Waals surface area contributed by atoms with Crippen LogP contribution in [0, 0.1) is 0 Å². The number of benzene rings is 1. The average Bonchev–Trinajstić information content (AvgIpc) is 3.14.